The third-order valence-electron chi connectivity index (χ3n) is 3.45. The fourth-order valence-corrected chi connectivity index (χ4v) is 3.76. The Morgan fingerprint density at radius 1 is 1.25 bits per heavy atom. The van der Waals surface area contributed by atoms with Crippen LogP contribution in [0, 0.1) is 12.7 Å². The summed E-state index contributed by atoms with van der Waals surface area (Å²) in [7, 11) is -3.78. The smallest absolute Gasteiger partial charge is 0.246 e. The third kappa shape index (κ3) is 3.17. The summed E-state index contributed by atoms with van der Waals surface area (Å²) in [6.07, 6.45) is 0. The molecule has 0 unspecified atom stereocenters. The van der Waals surface area contributed by atoms with Gasteiger partial charge >= 0.3 is 0 Å². The predicted octanol–water partition coefficient (Wildman–Crippen LogP) is 0.433. The summed E-state index contributed by atoms with van der Waals surface area (Å²) >= 11 is 0. The highest BCUT2D eigenvalue weighted by Gasteiger charge is 2.30. The van der Waals surface area contributed by atoms with E-state index < -0.39 is 15.8 Å². The van der Waals surface area contributed by atoms with Crippen LogP contribution in [-0.2, 0) is 10.0 Å². The van der Waals surface area contributed by atoms with Crippen LogP contribution in [0.3, 0.4) is 0 Å². The SMILES string of the molecule is Cc1ccc(S(=O)(=O)N2CCN(CCO)CC2)c(F)c1. The van der Waals surface area contributed by atoms with Gasteiger partial charge in [-0.05, 0) is 24.6 Å². The lowest BCUT2D eigenvalue weighted by molar-refractivity contribution is 0.151. The highest BCUT2D eigenvalue weighted by molar-refractivity contribution is 7.89. The molecule has 0 aliphatic carbocycles. The van der Waals surface area contributed by atoms with E-state index in [0.29, 0.717) is 38.3 Å². The van der Waals surface area contributed by atoms with E-state index in [4.69, 9.17) is 5.11 Å². The molecule has 0 amide bonds. The number of nitrogens with zero attached hydrogens (tertiary/aromatic N) is 2. The lowest BCUT2D eigenvalue weighted by Crippen LogP contribution is -2.49. The van der Waals surface area contributed by atoms with Crippen LogP contribution in [0.15, 0.2) is 23.1 Å². The normalized spacial score (nSPS) is 18.4. The van der Waals surface area contributed by atoms with Gasteiger partial charge in [0.05, 0.1) is 6.61 Å². The van der Waals surface area contributed by atoms with Crippen LogP contribution in [0.2, 0.25) is 0 Å². The number of piperazine rings is 1. The molecule has 0 saturated carbocycles. The third-order valence-corrected chi connectivity index (χ3v) is 5.38. The van der Waals surface area contributed by atoms with Gasteiger partial charge in [0.25, 0.3) is 0 Å². The molecule has 1 fully saturated rings. The van der Waals surface area contributed by atoms with Crippen LogP contribution in [0.4, 0.5) is 4.39 Å². The Labute approximate surface area is 118 Å². The fraction of sp³-hybridized carbons (Fsp3) is 0.538. The molecule has 2 rings (SSSR count). The van der Waals surface area contributed by atoms with Crippen molar-refractivity contribution in [1.82, 2.24) is 9.21 Å². The van der Waals surface area contributed by atoms with E-state index in [1.165, 1.54) is 16.4 Å². The molecule has 1 aliphatic rings. The van der Waals surface area contributed by atoms with Gasteiger partial charge in [-0.1, -0.05) is 6.07 Å². The number of benzene rings is 1. The topological polar surface area (TPSA) is 60.9 Å². The first kappa shape index (κ1) is 15.4. The highest BCUT2D eigenvalue weighted by Crippen LogP contribution is 2.21. The minimum Gasteiger partial charge on any atom is -0.395 e. The molecule has 5 nitrogen and oxygen atoms in total. The predicted molar refractivity (Wildman–Crippen MR) is 73.4 cm³/mol. The van der Waals surface area contributed by atoms with Crippen molar-refractivity contribution in [2.45, 2.75) is 11.8 Å². The Bertz CT molecular complexity index is 569. The summed E-state index contributed by atoms with van der Waals surface area (Å²) in [4.78, 5) is 1.72. The van der Waals surface area contributed by atoms with E-state index in [2.05, 4.69) is 0 Å². The van der Waals surface area contributed by atoms with Crippen LogP contribution in [-0.4, -0.2) is 62.1 Å². The van der Waals surface area contributed by atoms with Crippen molar-refractivity contribution in [3.8, 4) is 0 Å². The molecule has 7 heteroatoms. The van der Waals surface area contributed by atoms with E-state index in [9.17, 15) is 12.8 Å². The van der Waals surface area contributed by atoms with Crippen molar-refractivity contribution in [2.24, 2.45) is 0 Å². The van der Waals surface area contributed by atoms with Crippen LogP contribution in [0.25, 0.3) is 0 Å². The number of halogens is 1. The zero-order valence-electron chi connectivity index (χ0n) is 11.4. The summed E-state index contributed by atoms with van der Waals surface area (Å²) in [5.74, 6) is -0.706. The van der Waals surface area contributed by atoms with Gasteiger partial charge < -0.3 is 5.11 Å². The number of rotatable bonds is 4. The second-order valence-electron chi connectivity index (χ2n) is 4.90. The quantitative estimate of drug-likeness (QED) is 0.876. The summed E-state index contributed by atoms with van der Waals surface area (Å²) in [6, 6.07) is 4.15. The van der Waals surface area contributed by atoms with E-state index in [1.807, 2.05) is 4.90 Å². The molecule has 0 bridgehead atoms. The second-order valence-corrected chi connectivity index (χ2v) is 6.81. The Hall–Kier alpha value is -1.02. The first-order valence-electron chi connectivity index (χ1n) is 6.54. The molecular formula is C13H19FN2O3S. The fourth-order valence-electron chi connectivity index (χ4n) is 2.29. The maximum absolute atomic E-state index is 13.8. The molecule has 1 N–H and O–H groups in total. The average Bonchev–Trinajstić information content (AvgIpc) is 2.39. The lowest BCUT2D eigenvalue weighted by Gasteiger charge is -2.33. The van der Waals surface area contributed by atoms with Gasteiger partial charge in [0.15, 0.2) is 0 Å². The second kappa shape index (κ2) is 6.17. The highest BCUT2D eigenvalue weighted by atomic mass is 32.2. The minimum atomic E-state index is -3.78. The van der Waals surface area contributed by atoms with Crippen LogP contribution < -0.4 is 0 Å². The maximum atomic E-state index is 13.8. The number of hydrogen-bond donors (Lipinski definition) is 1. The van der Waals surface area contributed by atoms with Gasteiger partial charge in [-0.15, -0.1) is 0 Å². The molecule has 1 heterocycles. The Morgan fingerprint density at radius 3 is 2.45 bits per heavy atom. The van der Waals surface area contributed by atoms with E-state index in [0.717, 1.165) is 0 Å². The maximum Gasteiger partial charge on any atom is 0.246 e. The molecule has 1 aromatic rings. The first-order chi connectivity index (χ1) is 9.45. The number of sulfonamides is 1. The van der Waals surface area contributed by atoms with Crippen LogP contribution in [0.5, 0.6) is 0 Å². The summed E-state index contributed by atoms with van der Waals surface area (Å²) in [5, 5.41) is 8.86. The van der Waals surface area contributed by atoms with E-state index in [1.54, 1.807) is 13.0 Å². The molecule has 20 heavy (non-hydrogen) atoms. The van der Waals surface area contributed by atoms with Crippen molar-refractivity contribution in [2.75, 3.05) is 39.3 Å². The number of β-amino-alcohol motifs (C(OH)–C–C–N with tert-alkyl or cyclic N) is 1. The van der Waals surface area contributed by atoms with Crippen LogP contribution >= 0.6 is 0 Å². The van der Waals surface area contributed by atoms with Crippen LogP contribution in [0.1, 0.15) is 5.56 Å². The average molecular weight is 302 g/mol. The van der Waals surface area contributed by atoms with Gasteiger partial charge in [0, 0.05) is 32.7 Å². The van der Waals surface area contributed by atoms with Gasteiger partial charge in [0.1, 0.15) is 10.7 Å². The molecule has 1 saturated heterocycles. The van der Waals surface area contributed by atoms with E-state index >= 15 is 0 Å². The summed E-state index contributed by atoms with van der Waals surface area (Å²) in [6.45, 7) is 4.03. The van der Waals surface area contributed by atoms with Crippen molar-refractivity contribution in [3.63, 3.8) is 0 Å². The first-order valence-corrected chi connectivity index (χ1v) is 7.98. The largest absolute Gasteiger partial charge is 0.395 e. The van der Waals surface area contributed by atoms with Gasteiger partial charge in [-0.25, -0.2) is 12.8 Å². The molecule has 0 spiro atoms. The van der Waals surface area contributed by atoms with Gasteiger partial charge in [-0.3, -0.25) is 4.90 Å². The zero-order valence-corrected chi connectivity index (χ0v) is 12.2. The van der Waals surface area contributed by atoms with Gasteiger partial charge in [0.2, 0.25) is 10.0 Å². The Morgan fingerprint density at radius 2 is 1.90 bits per heavy atom. The Balaban J connectivity index is 2.15. The summed E-state index contributed by atoms with van der Waals surface area (Å²) < 4.78 is 40.0. The number of aliphatic hydroxyl groups is 1. The van der Waals surface area contributed by atoms with Crippen molar-refractivity contribution >= 4 is 10.0 Å². The van der Waals surface area contributed by atoms with Gasteiger partial charge in [-0.2, -0.15) is 4.31 Å². The molecule has 1 aromatic carbocycles. The standard InChI is InChI=1S/C13H19FN2O3S/c1-11-2-3-13(12(14)10-11)20(18,19)16-6-4-15(5-7-16)8-9-17/h2-3,10,17H,4-9H2,1H3. The summed E-state index contributed by atoms with van der Waals surface area (Å²) in [5.41, 5.74) is 0.689. The zero-order chi connectivity index (χ0) is 14.8. The Kier molecular flexibility index (Phi) is 4.74. The molecule has 112 valence electrons. The van der Waals surface area contributed by atoms with Crippen molar-refractivity contribution < 1.29 is 17.9 Å². The van der Waals surface area contributed by atoms with E-state index in [-0.39, 0.29) is 11.5 Å². The molecule has 1 aliphatic heterocycles. The molecule has 0 atom stereocenters. The van der Waals surface area contributed by atoms with Crippen molar-refractivity contribution in [1.29, 1.82) is 0 Å². The molecule has 0 radical (unpaired) electrons. The minimum absolute atomic E-state index is 0.0549. The molecular weight excluding hydrogens is 283 g/mol. The number of aliphatic hydroxyl groups excluding tert-OH is 1. The monoisotopic (exact) mass is 302 g/mol. The molecule has 0 aromatic heterocycles. The van der Waals surface area contributed by atoms with Crippen molar-refractivity contribution in [3.05, 3.63) is 29.6 Å². The lowest BCUT2D eigenvalue weighted by atomic mass is 10.2. The number of hydrogen-bond acceptors (Lipinski definition) is 4. The number of aryl methyl sites for hydroxylation is 1.